The van der Waals surface area contributed by atoms with Crippen molar-refractivity contribution in [2.24, 2.45) is 0 Å². The molecule has 1 rings (SSSR count). The van der Waals surface area contributed by atoms with E-state index < -0.39 is 28.0 Å². The SMILES string of the molecule is O=C(CC1CS(=O)(=O)CCN1)NCC[C@H](O)C(=O)O. The molecule has 0 aromatic heterocycles. The van der Waals surface area contributed by atoms with Crippen LogP contribution in [0.1, 0.15) is 12.8 Å². The van der Waals surface area contributed by atoms with Gasteiger partial charge in [0.25, 0.3) is 0 Å². The van der Waals surface area contributed by atoms with E-state index in [2.05, 4.69) is 10.6 Å². The molecule has 0 aromatic carbocycles. The molecule has 1 heterocycles. The third kappa shape index (κ3) is 5.99. The van der Waals surface area contributed by atoms with Gasteiger partial charge in [0.1, 0.15) is 0 Å². The van der Waals surface area contributed by atoms with Gasteiger partial charge in [-0.2, -0.15) is 0 Å². The van der Waals surface area contributed by atoms with Gasteiger partial charge < -0.3 is 20.8 Å². The lowest BCUT2D eigenvalue weighted by Crippen LogP contribution is -2.47. The lowest BCUT2D eigenvalue weighted by Gasteiger charge is -2.23. The second-order valence-electron chi connectivity index (χ2n) is 4.46. The molecule has 9 heteroatoms. The van der Waals surface area contributed by atoms with E-state index in [1.807, 2.05) is 0 Å². The van der Waals surface area contributed by atoms with Gasteiger partial charge >= 0.3 is 5.97 Å². The molecular weight excluding hydrogens is 276 g/mol. The number of hydrogen-bond donors (Lipinski definition) is 4. The maximum atomic E-state index is 11.5. The van der Waals surface area contributed by atoms with Crippen molar-refractivity contribution in [3.8, 4) is 0 Å². The number of carbonyl (C=O) groups is 2. The molecule has 1 aliphatic heterocycles. The molecule has 0 bridgehead atoms. The Morgan fingerprint density at radius 1 is 1.42 bits per heavy atom. The first-order valence-corrected chi connectivity index (χ1v) is 7.73. The second kappa shape index (κ2) is 6.83. The molecule has 8 nitrogen and oxygen atoms in total. The van der Waals surface area contributed by atoms with Gasteiger partial charge in [0, 0.05) is 32.0 Å². The Balaban J connectivity index is 2.26. The largest absolute Gasteiger partial charge is 0.479 e. The van der Waals surface area contributed by atoms with E-state index in [0.29, 0.717) is 6.54 Å². The molecular formula is C10H18N2O6S. The summed E-state index contributed by atoms with van der Waals surface area (Å²) in [6.07, 6.45) is -1.58. The molecule has 1 unspecified atom stereocenters. The van der Waals surface area contributed by atoms with E-state index in [4.69, 9.17) is 10.2 Å². The van der Waals surface area contributed by atoms with E-state index in [1.165, 1.54) is 0 Å². The van der Waals surface area contributed by atoms with Crippen molar-refractivity contribution in [2.45, 2.75) is 25.0 Å². The number of rotatable bonds is 6. The number of nitrogens with one attached hydrogen (secondary N) is 2. The molecule has 0 radical (unpaired) electrons. The molecule has 2 atom stereocenters. The summed E-state index contributed by atoms with van der Waals surface area (Å²) in [6.45, 7) is 0.365. The topological polar surface area (TPSA) is 133 Å². The highest BCUT2D eigenvalue weighted by Crippen LogP contribution is 2.04. The minimum atomic E-state index is -3.08. The van der Waals surface area contributed by atoms with Crippen molar-refractivity contribution in [2.75, 3.05) is 24.6 Å². The van der Waals surface area contributed by atoms with Crippen molar-refractivity contribution in [3.63, 3.8) is 0 Å². The van der Waals surface area contributed by atoms with Crippen LogP contribution in [0.25, 0.3) is 0 Å². The van der Waals surface area contributed by atoms with Gasteiger partial charge in [-0.25, -0.2) is 13.2 Å². The fourth-order valence-corrected chi connectivity index (χ4v) is 3.21. The zero-order chi connectivity index (χ0) is 14.5. The molecule has 19 heavy (non-hydrogen) atoms. The molecule has 4 N–H and O–H groups in total. The summed E-state index contributed by atoms with van der Waals surface area (Å²) in [5, 5.41) is 22.8. The van der Waals surface area contributed by atoms with Crippen LogP contribution in [0, 0.1) is 0 Å². The van der Waals surface area contributed by atoms with E-state index in [-0.39, 0.29) is 36.8 Å². The summed E-state index contributed by atoms with van der Waals surface area (Å²) in [4.78, 5) is 21.8. The number of carboxylic acids is 1. The first-order chi connectivity index (χ1) is 8.80. The minimum Gasteiger partial charge on any atom is -0.479 e. The highest BCUT2D eigenvalue weighted by Gasteiger charge is 2.25. The van der Waals surface area contributed by atoms with Gasteiger partial charge in [-0.05, 0) is 0 Å². The van der Waals surface area contributed by atoms with Crippen LogP contribution in [-0.4, -0.2) is 67.2 Å². The fraction of sp³-hybridized carbons (Fsp3) is 0.800. The molecule has 0 aromatic rings. The van der Waals surface area contributed by atoms with Gasteiger partial charge in [0.15, 0.2) is 15.9 Å². The Morgan fingerprint density at radius 2 is 2.11 bits per heavy atom. The number of aliphatic hydroxyl groups excluding tert-OH is 1. The van der Waals surface area contributed by atoms with Crippen molar-refractivity contribution in [1.82, 2.24) is 10.6 Å². The van der Waals surface area contributed by atoms with Crippen LogP contribution in [0.4, 0.5) is 0 Å². The van der Waals surface area contributed by atoms with Gasteiger partial charge in [0.05, 0.1) is 11.5 Å². The Kier molecular flexibility index (Phi) is 5.70. The molecule has 0 spiro atoms. The summed E-state index contributed by atoms with van der Waals surface area (Å²) in [5.74, 6) is -1.70. The zero-order valence-corrected chi connectivity index (χ0v) is 11.1. The first kappa shape index (κ1) is 15.9. The smallest absolute Gasteiger partial charge is 0.332 e. The van der Waals surface area contributed by atoms with Crippen LogP contribution in [0.5, 0.6) is 0 Å². The van der Waals surface area contributed by atoms with Gasteiger partial charge in [-0.3, -0.25) is 4.79 Å². The third-order valence-corrected chi connectivity index (χ3v) is 4.49. The standard InChI is InChI=1S/C10H18N2O6S/c13-8(10(15)16)1-2-12-9(14)5-7-6-19(17,18)4-3-11-7/h7-8,11,13H,1-6H2,(H,12,14)(H,15,16)/t7?,8-/m0/s1. The molecule has 0 saturated carbocycles. The summed E-state index contributed by atoms with van der Waals surface area (Å²) in [7, 11) is -3.08. The van der Waals surface area contributed by atoms with Crippen LogP contribution in [0.15, 0.2) is 0 Å². The number of hydrogen-bond acceptors (Lipinski definition) is 6. The lowest BCUT2D eigenvalue weighted by atomic mass is 10.2. The van der Waals surface area contributed by atoms with E-state index in [1.54, 1.807) is 0 Å². The van der Waals surface area contributed by atoms with Gasteiger partial charge in [-0.1, -0.05) is 0 Å². The molecule has 1 saturated heterocycles. The number of sulfone groups is 1. The van der Waals surface area contributed by atoms with E-state index >= 15 is 0 Å². The zero-order valence-electron chi connectivity index (χ0n) is 10.3. The number of amides is 1. The average molecular weight is 294 g/mol. The number of aliphatic hydroxyl groups is 1. The van der Waals surface area contributed by atoms with Gasteiger partial charge in [0.2, 0.25) is 5.91 Å². The Morgan fingerprint density at radius 3 is 2.68 bits per heavy atom. The summed E-state index contributed by atoms with van der Waals surface area (Å²) < 4.78 is 22.7. The quantitative estimate of drug-likeness (QED) is 0.433. The van der Waals surface area contributed by atoms with Crippen LogP contribution in [0.3, 0.4) is 0 Å². The molecule has 0 aliphatic carbocycles. The molecule has 1 fully saturated rings. The predicted molar refractivity (Wildman–Crippen MR) is 66.3 cm³/mol. The number of aliphatic carboxylic acids is 1. The van der Waals surface area contributed by atoms with Crippen molar-refractivity contribution in [1.29, 1.82) is 0 Å². The average Bonchev–Trinajstić information content (AvgIpc) is 2.27. The van der Waals surface area contributed by atoms with Crippen molar-refractivity contribution >= 4 is 21.7 Å². The normalized spacial score (nSPS) is 23.5. The van der Waals surface area contributed by atoms with Crippen molar-refractivity contribution < 1.29 is 28.2 Å². The fourth-order valence-electron chi connectivity index (χ4n) is 1.77. The molecule has 110 valence electrons. The van der Waals surface area contributed by atoms with E-state index in [0.717, 1.165) is 0 Å². The Labute approximate surface area is 111 Å². The van der Waals surface area contributed by atoms with Crippen molar-refractivity contribution in [3.05, 3.63) is 0 Å². The van der Waals surface area contributed by atoms with Crippen LogP contribution >= 0.6 is 0 Å². The Bertz CT molecular complexity index is 435. The maximum absolute atomic E-state index is 11.5. The maximum Gasteiger partial charge on any atom is 0.332 e. The monoisotopic (exact) mass is 294 g/mol. The molecule has 1 aliphatic rings. The summed E-state index contributed by atoms with van der Waals surface area (Å²) >= 11 is 0. The van der Waals surface area contributed by atoms with Crippen LogP contribution < -0.4 is 10.6 Å². The third-order valence-electron chi connectivity index (χ3n) is 2.76. The summed E-state index contributed by atoms with van der Waals surface area (Å²) in [5.41, 5.74) is 0. The number of carbonyl (C=O) groups excluding carboxylic acids is 1. The van der Waals surface area contributed by atoms with Gasteiger partial charge in [-0.15, -0.1) is 0 Å². The second-order valence-corrected chi connectivity index (χ2v) is 6.69. The van der Waals surface area contributed by atoms with Crippen LogP contribution in [0.2, 0.25) is 0 Å². The first-order valence-electron chi connectivity index (χ1n) is 5.91. The van der Waals surface area contributed by atoms with E-state index in [9.17, 15) is 18.0 Å². The lowest BCUT2D eigenvalue weighted by molar-refractivity contribution is -0.147. The Hall–Kier alpha value is -1.19. The minimum absolute atomic E-state index is 0.0163. The number of carboxylic acid groups (broad SMARTS) is 1. The van der Waals surface area contributed by atoms with Crippen LogP contribution in [-0.2, 0) is 19.4 Å². The highest BCUT2D eigenvalue weighted by molar-refractivity contribution is 7.91. The predicted octanol–water partition coefficient (Wildman–Crippen LogP) is -2.29. The molecule has 1 amide bonds. The highest BCUT2D eigenvalue weighted by atomic mass is 32.2. The summed E-state index contributed by atoms with van der Waals surface area (Å²) in [6, 6.07) is -0.414.